The number of phenolic OH excluding ortho intramolecular Hbond substituents is 1. The van der Waals surface area contributed by atoms with Crippen molar-refractivity contribution in [3.8, 4) is 5.75 Å². The van der Waals surface area contributed by atoms with Crippen LogP contribution in [0.3, 0.4) is 0 Å². The molecule has 0 saturated carbocycles. The molecule has 0 amide bonds. The van der Waals surface area contributed by atoms with Crippen LogP contribution in [0.1, 0.15) is 115 Å². The maximum absolute atomic E-state index is 11.9. The molecule has 1 aromatic carbocycles. The molecule has 3 heteroatoms. The molecule has 3 nitrogen and oxygen atoms in total. The van der Waals surface area contributed by atoms with E-state index < -0.39 is 0 Å². The van der Waals surface area contributed by atoms with Gasteiger partial charge in [-0.3, -0.25) is 4.79 Å². The van der Waals surface area contributed by atoms with E-state index in [1.54, 1.807) is 24.3 Å². The zero-order valence-corrected chi connectivity index (χ0v) is 17.5. The topological polar surface area (TPSA) is 46.5 Å². The number of carbonyl (C=O) groups excluding carboxylic acids is 1. The Hall–Kier alpha value is -1.51. The van der Waals surface area contributed by atoms with E-state index in [0.717, 1.165) is 18.4 Å². The van der Waals surface area contributed by atoms with Gasteiger partial charge in [0.25, 0.3) is 0 Å². The lowest BCUT2D eigenvalue weighted by atomic mass is 10.0. The number of phenols is 1. The van der Waals surface area contributed by atoms with Crippen LogP contribution in [0.2, 0.25) is 0 Å². The third kappa shape index (κ3) is 12.5. The van der Waals surface area contributed by atoms with Crippen LogP contribution in [0.4, 0.5) is 0 Å². The Morgan fingerprint density at radius 1 is 0.815 bits per heavy atom. The van der Waals surface area contributed by atoms with Crippen molar-refractivity contribution in [2.45, 2.75) is 110 Å². The van der Waals surface area contributed by atoms with Gasteiger partial charge in [-0.05, 0) is 31.0 Å². The number of benzene rings is 1. The molecule has 0 spiro atoms. The summed E-state index contributed by atoms with van der Waals surface area (Å²) in [5, 5.41) is 9.30. The van der Waals surface area contributed by atoms with Gasteiger partial charge in [-0.1, -0.05) is 96.1 Å². The Kier molecular flexibility index (Phi) is 13.5. The van der Waals surface area contributed by atoms with Gasteiger partial charge in [0, 0.05) is 6.42 Å². The Labute approximate surface area is 166 Å². The molecule has 154 valence electrons. The van der Waals surface area contributed by atoms with Crippen LogP contribution in [0.5, 0.6) is 5.75 Å². The van der Waals surface area contributed by atoms with Crippen LogP contribution in [0.25, 0.3) is 0 Å². The number of aromatic hydroxyl groups is 1. The molecule has 27 heavy (non-hydrogen) atoms. The summed E-state index contributed by atoms with van der Waals surface area (Å²) in [5.41, 5.74) is 0.909. The molecule has 1 aromatic rings. The van der Waals surface area contributed by atoms with Crippen molar-refractivity contribution in [3.63, 3.8) is 0 Å². The molecule has 0 fully saturated rings. The first-order valence-electron chi connectivity index (χ1n) is 11.1. The lowest BCUT2D eigenvalue weighted by Gasteiger charge is -2.13. The zero-order valence-electron chi connectivity index (χ0n) is 17.5. The van der Waals surface area contributed by atoms with E-state index in [4.69, 9.17) is 4.74 Å². The van der Waals surface area contributed by atoms with Gasteiger partial charge < -0.3 is 9.84 Å². The van der Waals surface area contributed by atoms with E-state index in [9.17, 15) is 9.90 Å². The number of hydrogen-bond donors (Lipinski definition) is 1. The monoisotopic (exact) mass is 376 g/mol. The second-order valence-corrected chi connectivity index (χ2v) is 7.72. The van der Waals surface area contributed by atoms with Gasteiger partial charge in [-0.2, -0.15) is 0 Å². The van der Waals surface area contributed by atoms with Crippen LogP contribution in [-0.2, 0) is 9.53 Å². The molecule has 1 atom stereocenters. The van der Waals surface area contributed by atoms with Crippen molar-refractivity contribution in [2.24, 2.45) is 0 Å². The summed E-state index contributed by atoms with van der Waals surface area (Å²) in [7, 11) is 0. The predicted molar refractivity (Wildman–Crippen MR) is 113 cm³/mol. The number of unbranched alkanes of at least 4 members (excludes halogenated alkanes) is 12. The van der Waals surface area contributed by atoms with Gasteiger partial charge in [0.15, 0.2) is 0 Å². The lowest BCUT2D eigenvalue weighted by molar-refractivity contribution is -0.148. The quantitative estimate of drug-likeness (QED) is 0.240. The van der Waals surface area contributed by atoms with Crippen LogP contribution in [-0.4, -0.2) is 11.1 Å². The van der Waals surface area contributed by atoms with Crippen molar-refractivity contribution in [1.82, 2.24) is 0 Å². The van der Waals surface area contributed by atoms with E-state index in [1.807, 2.05) is 6.92 Å². The lowest BCUT2D eigenvalue weighted by Crippen LogP contribution is -2.08. The molecule has 0 radical (unpaired) electrons. The van der Waals surface area contributed by atoms with Crippen molar-refractivity contribution in [2.75, 3.05) is 0 Å². The highest BCUT2D eigenvalue weighted by Gasteiger charge is 2.11. The first kappa shape index (κ1) is 23.5. The fourth-order valence-corrected chi connectivity index (χ4v) is 3.36. The molecule has 0 bridgehead atoms. The van der Waals surface area contributed by atoms with Gasteiger partial charge in [-0.25, -0.2) is 0 Å². The van der Waals surface area contributed by atoms with Gasteiger partial charge in [0.2, 0.25) is 0 Å². The predicted octanol–water partition coefficient (Wildman–Crippen LogP) is 7.48. The van der Waals surface area contributed by atoms with Gasteiger partial charge >= 0.3 is 5.97 Å². The average Bonchev–Trinajstić information content (AvgIpc) is 2.66. The molecule has 1 rings (SSSR count). The fraction of sp³-hybridized carbons (Fsp3) is 0.708. The highest BCUT2D eigenvalue weighted by atomic mass is 16.5. The zero-order chi connectivity index (χ0) is 19.7. The Morgan fingerprint density at radius 2 is 1.26 bits per heavy atom. The van der Waals surface area contributed by atoms with E-state index in [-0.39, 0.29) is 17.8 Å². The van der Waals surface area contributed by atoms with E-state index in [1.165, 1.54) is 70.6 Å². The van der Waals surface area contributed by atoms with Crippen molar-refractivity contribution < 1.29 is 14.6 Å². The first-order valence-corrected chi connectivity index (χ1v) is 11.1. The standard InChI is InChI=1S/C24H40O3/c1-3-4-5-6-7-8-9-10-11-12-13-14-15-16-24(26)27-21(2)22-17-19-23(25)20-18-22/h17-21,25H,3-16H2,1-2H3. The summed E-state index contributed by atoms with van der Waals surface area (Å²) in [6, 6.07) is 6.81. The van der Waals surface area contributed by atoms with Crippen LogP contribution in [0.15, 0.2) is 24.3 Å². The van der Waals surface area contributed by atoms with Crippen LogP contribution in [0, 0.1) is 0 Å². The fourth-order valence-electron chi connectivity index (χ4n) is 3.36. The molecule has 0 aromatic heterocycles. The number of esters is 1. The third-order valence-electron chi connectivity index (χ3n) is 5.16. The van der Waals surface area contributed by atoms with Gasteiger partial charge in [-0.15, -0.1) is 0 Å². The minimum Gasteiger partial charge on any atom is -0.508 e. The summed E-state index contributed by atoms with van der Waals surface area (Å²) >= 11 is 0. The molecule has 0 aliphatic heterocycles. The molecular formula is C24H40O3. The van der Waals surface area contributed by atoms with Crippen molar-refractivity contribution in [1.29, 1.82) is 0 Å². The van der Waals surface area contributed by atoms with E-state index in [2.05, 4.69) is 6.92 Å². The summed E-state index contributed by atoms with van der Waals surface area (Å²) in [5.74, 6) is 0.0999. The smallest absolute Gasteiger partial charge is 0.306 e. The minimum absolute atomic E-state index is 0.126. The molecule has 0 aliphatic carbocycles. The highest BCUT2D eigenvalue weighted by Crippen LogP contribution is 2.20. The summed E-state index contributed by atoms with van der Waals surface area (Å²) in [6.07, 6.45) is 17.2. The van der Waals surface area contributed by atoms with Crippen LogP contribution >= 0.6 is 0 Å². The molecule has 1 N–H and O–H groups in total. The number of carbonyl (C=O) groups is 1. The largest absolute Gasteiger partial charge is 0.508 e. The van der Waals surface area contributed by atoms with Crippen LogP contribution < -0.4 is 0 Å². The maximum Gasteiger partial charge on any atom is 0.306 e. The number of rotatable bonds is 16. The normalized spacial score (nSPS) is 12.1. The summed E-state index contributed by atoms with van der Waals surface area (Å²) in [6.45, 7) is 4.13. The SMILES string of the molecule is CCCCCCCCCCCCCCCC(=O)OC(C)c1ccc(O)cc1. The molecule has 1 unspecified atom stereocenters. The Morgan fingerprint density at radius 3 is 1.74 bits per heavy atom. The molecular weight excluding hydrogens is 336 g/mol. The van der Waals surface area contributed by atoms with E-state index in [0.29, 0.717) is 6.42 Å². The molecule has 0 saturated heterocycles. The van der Waals surface area contributed by atoms with Gasteiger partial charge in [0.1, 0.15) is 11.9 Å². The maximum atomic E-state index is 11.9. The van der Waals surface area contributed by atoms with E-state index >= 15 is 0 Å². The minimum atomic E-state index is -0.264. The van der Waals surface area contributed by atoms with Crippen molar-refractivity contribution in [3.05, 3.63) is 29.8 Å². The first-order chi connectivity index (χ1) is 13.1. The number of ether oxygens (including phenoxy) is 1. The Bertz CT molecular complexity index is 481. The average molecular weight is 377 g/mol. The summed E-state index contributed by atoms with van der Waals surface area (Å²) in [4.78, 5) is 11.9. The number of hydrogen-bond acceptors (Lipinski definition) is 3. The van der Waals surface area contributed by atoms with Gasteiger partial charge in [0.05, 0.1) is 0 Å². The molecule has 0 aliphatic rings. The highest BCUT2D eigenvalue weighted by molar-refractivity contribution is 5.69. The second kappa shape index (κ2) is 15.5. The second-order valence-electron chi connectivity index (χ2n) is 7.72. The Balaban J connectivity index is 1.91. The van der Waals surface area contributed by atoms with Crippen molar-refractivity contribution >= 4 is 5.97 Å². The third-order valence-corrected chi connectivity index (χ3v) is 5.16. The molecule has 0 heterocycles. The summed E-state index contributed by atoms with van der Waals surface area (Å²) < 4.78 is 5.46.